The Balaban J connectivity index is 0.000000295. The van der Waals surface area contributed by atoms with Gasteiger partial charge in [0, 0.05) is 128 Å². The van der Waals surface area contributed by atoms with Crippen molar-refractivity contribution < 1.29 is 60.9 Å². The first-order valence-corrected chi connectivity index (χ1v) is 45.9. The Morgan fingerprint density at radius 2 is 0.648 bits per heavy atom. The normalized spacial score (nSPS) is 10.2. The number of ketones is 1. The molecule has 12 aromatic carbocycles. The van der Waals surface area contributed by atoms with Crippen molar-refractivity contribution in [3.05, 3.63) is 500 Å². The van der Waals surface area contributed by atoms with Gasteiger partial charge in [-0.05, 0) is 153 Å². The van der Waals surface area contributed by atoms with Gasteiger partial charge in [0.05, 0.1) is 10.0 Å². The molecule has 10 nitrogen and oxygen atoms in total. The minimum Gasteiger partial charge on any atom is -0.0622 e. The summed E-state index contributed by atoms with van der Waals surface area (Å²) in [6.45, 7) is 7.70. The average molecular weight is 2010 g/mol. The van der Waals surface area contributed by atoms with E-state index in [-0.39, 0.29) is 44.1 Å². The van der Waals surface area contributed by atoms with Gasteiger partial charge in [0.25, 0.3) is 0 Å². The largest absolute Gasteiger partial charge is 1.00 e. The molecule has 4 aromatic heterocycles. The van der Waals surface area contributed by atoms with Crippen molar-refractivity contribution >= 4 is 183 Å². The number of benzene rings is 12. The molecule has 122 heavy (non-hydrogen) atoms. The van der Waals surface area contributed by atoms with Crippen molar-refractivity contribution in [1.29, 1.82) is 0 Å². The van der Waals surface area contributed by atoms with E-state index in [0.29, 0.717) is 61.4 Å². The van der Waals surface area contributed by atoms with E-state index in [0.717, 1.165) is 42.7 Å². The van der Waals surface area contributed by atoms with Crippen LogP contribution in [0.2, 0.25) is 30.1 Å². The molecule has 1 unspecified atom stereocenters. The van der Waals surface area contributed by atoms with Crippen LogP contribution >= 0.6 is 145 Å². The van der Waals surface area contributed by atoms with Crippen molar-refractivity contribution in [1.82, 2.24) is 39.9 Å². The molecule has 0 amide bonds. The average Bonchev–Trinajstić information content (AvgIpc) is 0.759. The van der Waals surface area contributed by atoms with Crippen molar-refractivity contribution in [2.75, 3.05) is 0 Å². The summed E-state index contributed by atoms with van der Waals surface area (Å²) < 4.78 is 0.912. The van der Waals surface area contributed by atoms with E-state index in [4.69, 9.17) is 102 Å². The zero-order valence-corrected chi connectivity index (χ0v) is 81.3. The maximum Gasteiger partial charge on any atom is 1.00 e. The molecule has 0 saturated heterocycles. The molecule has 4 heterocycles. The number of carbonyl (C=O) groups excluding carboxylic acids is 1. The second-order valence-electron chi connectivity index (χ2n) is 24.0. The molecular weight excluding hydrogens is 1920 g/mol. The number of rotatable bonds is 14. The Kier molecular flexibility index (Phi) is 55.4. The standard InChI is InChI=1S/2C18H15P.C17H12Cl2N2O.C11H7ClN2O.C11H9ClN2.C7H6Cl2.C7H6Cl.C4H3BrN2.C2H6.CH2Cl.2ClH.Li.Ni.Zn/c2*1-4-10-16(11-5-1)19(17-12-6-2-7-13-17)18-14-8-3-9-15-18;18-14-7-5-12(6-8-14)17(22,13-9-20-11-21-10-13)15-3-1-2-4-16(15)19;12-10-3-1-8(2-4-10)11(15)9-5-13-7-14-6-9;12-11-3-1-9(2-4-11)5-10-6-13-8-14-7-10;8-5-6-1-3-7(9)4-2-6;1-6-2-4-7(8)5-3-6;5-4-1-6-3-7-2-4;2*1-2;;;;;/h2*1-15H;1-11,22H;1-7H;1-4,6-8H,5H2;1-4H,5H2;2-5H,1H2;1-3H;1-2H3;1H2;2*1H;;;/q;;;;;;-1;;;-1;;;+1;+2;/p-2. The van der Waals surface area contributed by atoms with Gasteiger partial charge in [-0.2, -0.15) is 24.6 Å². The predicted octanol–water partition coefficient (Wildman–Crippen LogP) is 23.3. The van der Waals surface area contributed by atoms with E-state index in [1.807, 2.05) is 111 Å². The van der Waals surface area contributed by atoms with Crippen molar-refractivity contribution in [3.63, 3.8) is 0 Å². The molecule has 618 valence electrons. The summed E-state index contributed by atoms with van der Waals surface area (Å²) in [5.74, 6) is 0.448. The number of aromatic nitrogens is 8. The number of carbonyl (C=O) groups is 1. The van der Waals surface area contributed by atoms with Crippen LogP contribution in [0.25, 0.3) is 0 Å². The van der Waals surface area contributed by atoms with Gasteiger partial charge < -0.3 is 16.7 Å². The fraction of sp³-hybridized carbons (Fsp3) is 0.0521. The molecule has 16 aromatic rings. The molecule has 0 radical (unpaired) electrons. The van der Waals surface area contributed by atoms with Gasteiger partial charge in [0.15, 0.2) is 5.78 Å². The molecule has 0 fully saturated rings. The van der Waals surface area contributed by atoms with E-state index < -0.39 is 21.4 Å². The number of halogens is 11. The van der Waals surface area contributed by atoms with E-state index in [9.17, 15) is 9.90 Å². The zero-order valence-electron chi connectivity index (χ0n) is 66.4. The summed E-state index contributed by atoms with van der Waals surface area (Å²) in [7, 11) is 8.51. The van der Waals surface area contributed by atoms with E-state index in [1.165, 1.54) is 75.1 Å². The van der Waals surface area contributed by atoms with Crippen LogP contribution in [0.3, 0.4) is 0 Å². The first kappa shape index (κ1) is 107. The van der Waals surface area contributed by atoms with E-state index in [2.05, 4.69) is 263 Å². The molecule has 0 aliphatic heterocycles. The van der Waals surface area contributed by atoms with Crippen molar-refractivity contribution in [2.24, 2.45) is 0 Å². The SMILES string of the molecule is Brc1cncnc1.CC.ClCc1ccc(Cl)cc1.Clc1ccc(Cc2cncnc2)cc1.O=C(c1ccc(Cl)cc1)c1cncnc1.OC(c1ccc(Cl)cc1)(c1cncnc1)c1ccccc1Cl.[CH2-]Cl.[CH2-]c1ccc(Cl)cc1.[Cl][Ni][Cl].[Li+].[Zn].c1ccc(P(c2ccccc2)c2ccccc2)cc1.c1ccc(P(c2ccccc2)c2ccccc2)cc1. The van der Waals surface area contributed by atoms with Crippen LogP contribution < -0.4 is 50.7 Å². The number of hydrogen-bond acceptors (Lipinski definition) is 10. The minimum absolute atomic E-state index is 0. The van der Waals surface area contributed by atoms with Gasteiger partial charge >= 0.3 is 51.9 Å². The van der Waals surface area contributed by atoms with Crippen molar-refractivity contribution in [2.45, 2.75) is 31.7 Å². The Morgan fingerprint density at radius 3 is 0.959 bits per heavy atom. The molecule has 0 aliphatic carbocycles. The first-order valence-electron chi connectivity index (χ1n) is 36.4. The Bertz CT molecular complexity index is 5050. The van der Waals surface area contributed by atoms with Gasteiger partial charge in [0.1, 0.15) is 30.9 Å². The van der Waals surface area contributed by atoms with E-state index in [1.54, 1.807) is 85.5 Å². The molecule has 0 aliphatic rings. The first-order chi connectivity index (χ1) is 58.6. The fourth-order valence-electron chi connectivity index (χ4n) is 10.5. The van der Waals surface area contributed by atoms with E-state index >= 15 is 0 Å². The maximum absolute atomic E-state index is 11.8. The van der Waals surface area contributed by atoms with Crippen LogP contribution in [0.5, 0.6) is 0 Å². The third-order valence-corrected chi connectivity index (χ3v) is 23.2. The Morgan fingerprint density at radius 1 is 0.369 bits per heavy atom. The molecule has 16 rings (SSSR count). The van der Waals surface area contributed by atoms with Gasteiger partial charge in [-0.1, -0.05) is 332 Å². The Labute approximate surface area is 807 Å². The van der Waals surface area contributed by atoms with Gasteiger partial charge in [-0.25, -0.2) is 39.9 Å². The number of hydrogen-bond donors (Lipinski definition) is 1. The molecule has 26 heteroatoms. The molecule has 1 atom stereocenters. The number of alkyl halides is 1. The quantitative estimate of drug-likeness (QED) is 0.0368. The fourth-order valence-corrected chi connectivity index (χ4v) is 16.5. The smallest absolute Gasteiger partial charge is 0.0622 e. The van der Waals surface area contributed by atoms with Crippen LogP contribution in [0.4, 0.5) is 0 Å². The van der Waals surface area contributed by atoms with Crippen molar-refractivity contribution in [3.8, 4) is 0 Å². The third kappa shape index (κ3) is 38.9. The molecule has 0 spiro atoms. The van der Waals surface area contributed by atoms with Gasteiger partial charge in [0.2, 0.25) is 0 Å². The Hall–Kier alpha value is -7.59. The molecule has 0 bridgehead atoms. The summed E-state index contributed by atoms with van der Waals surface area (Å²) in [6.07, 6.45) is 22.5. The van der Waals surface area contributed by atoms with Gasteiger partial charge in [-0.3, -0.25) is 11.2 Å². The second-order valence-corrected chi connectivity index (χ2v) is 33.9. The molecule has 1 N–H and O–H groups in total. The second kappa shape index (κ2) is 63.3. The topological polar surface area (TPSA) is 140 Å². The summed E-state index contributed by atoms with van der Waals surface area (Å²) >= 11 is 48.7. The minimum atomic E-state index is -1.45. The predicted molar refractivity (Wildman–Crippen MR) is 511 cm³/mol. The zero-order chi connectivity index (χ0) is 86.4. The number of aliphatic hydroxyl groups is 1. The summed E-state index contributed by atoms with van der Waals surface area (Å²) in [4.78, 5) is 42.8. The van der Waals surface area contributed by atoms with Gasteiger partial charge in [-0.15, -0.1) is 11.6 Å². The summed E-state index contributed by atoms with van der Waals surface area (Å²) in [5, 5.41) is 23.8. The summed E-state index contributed by atoms with van der Waals surface area (Å²) in [5.41, 5.74) is 5.74. The van der Waals surface area contributed by atoms with Crippen LogP contribution in [0.15, 0.2) is 407 Å². The monoisotopic (exact) mass is 2000 g/mol. The molecular formula is C96H81BrCl10LiN8NiO2P2Zn-. The third-order valence-electron chi connectivity index (χ3n) is 16.0. The summed E-state index contributed by atoms with van der Waals surface area (Å²) in [6, 6.07) is 108. The molecule has 0 saturated carbocycles. The van der Waals surface area contributed by atoms with Crippen LogP contribution in [0, 0.1) is 13.3 Å². The van der Waals surface area contributed by atoms with Crippen LogP contribution in [0.1, 0.15) is 68.7 Å². The van der Waals surface area contributed by atoms with Crippen LogP contribution in [-0.4, -0.2) is 50.8 Å². The maximum atomic E-state index is 11.8. The van der Waals surface area contributed by atoms with Crippen LogP contribution in [-0.2, 0) is 50.0 Å². The number of nitrogens with zero attached hydrogens (tertiary/aromatic N) is 8.